The van der Waals surface area contributed by atoms with Crippen LogP contribution < -0.4 is 0 Å². The molecule has 0 saturated heterocycles. The Hall–Kier alpha value is -0.590. The molecule has 0 N–H and O–H groups in total. The van der Waals surface area contributed by atoms with Crippen molar-refractivity contribution in [3.8, 4) is 0 Å². The summed E-state index contributed by atoms with van der Waals surface area (Å²) in [5, 5.41) is 0. The van der Waals surface area contributed by atoms with Crippen LogP contribution in [-0.2, 0) is 4.79 Å². The molecule has 2 aliphatic carbocycles. The molecule has 1 saturated carbocycles. The van der Waals surface area contributed by atoms with Crippen LogP contribution in [-0.4, -0.2) is 6.29 Å². The highest BCUT2D eigenvalue weighted by molar-refractivity contribution is 5.60. The zero-order valence-corrected chi connectivity index (χ0v) is 8.38. The van der Waals surface area contributed by atoms with Gasteiger partial charge in [0.05, 0.1) is 0 Å². The Balaban J connectivity index is 2.29. The first kappa shape index (κ1) is 8.98. The minimum Gasteiger partial charge on any atom is -0.303 e. The summed E-state index contributed by atoms with van der Waals surface area (Å²) in [5.74, 6) is 0.249. The molecule has 0 heterocycles. The third-order valence-electron chi connectivity index (χ3n) is 3.80. The van der Waals surface area contributed by atoms with Crippen molar-refractivity contribution in [1.29, 1.82) is 0 Å². The first-order valence-electron chi connectivity index (χ1n) is 5.42. The van der Waals surface area contributed by atoms with Gasteiger partial charge in [-0.2, -0.15) is 0 Å². The molecule has 13 heavy (non-hydrogen) atoms. The standard InChI is InChI=1S/C12H18O/c1-12-7-3-2-6-11(12)10(9-13)5-4-8-12/h6,9-10H,2-5,7-8H2,1H3. The second-order valence-electron chi connectivity index (χ2n) is 4.75. The molecule has 2 unspecified atom stereocenters. The first-order chi connectivity index (χ1) is 6.26. The van der Waals surface area contributed by atoms with Gasteiger partial charge in [-0.25, -0.2) is 0 Å². The third kappa shape index (κ3) is 1.45. The van der Waals surface area contributed by atoms with Crippen molar-refractivity contribution < 1.29 is 4.79 Å². The quantitative estimate of drug-likeness (QED) is 0.445. The van der Waals surface area contributed by atoms with E-state index in [1.165, 1.54) is 37.7 Å². The van der Waals surface area contributed by atoms with Crippen molar-refractivity contribution in [3.63, 3.8) is 0 Å². The SMILES string of the molecule is CC12CCCC=C1C(C=O)CCC2. The molecular weight excluding hydrogens is 160 g/mol. The van der Waals surface area contributed by atoms with Gasteiger partial charge in [-0.3, -0.25) is 0 Å². The van der Waals surface area contributed by atoms with Crippen molar-refractivity contribution in [1.82, 2.24) is 0 Å². The Morgan fingerprint density at radius 1 is 1.46 bits per heavy atom. The molecule has 0 aromatic rings. The molecule has 1 nitrogen and oxygen atoms in total. The number of carbonyl (C=O) groups is 1. The molecule has 1 fully saturated rings. The molecule has 0 bridgehead atoms. The van der Waals surface area contributed by atoms with Crippen LogP contribution in [0.15, 0.2) is 11.6 Å². The van der Waals surface area contributed by atoms with E-state index in [-0.39, 0.29) is 5.92 Å². The van der Waals surface area contributed by atoms with Crippen LogP contribution in [0.1, 0.15) is 45.4 Å². The maximum Gasteiger partial charge on any atom is 0.127 e. The highest BCUT2D eigenvalue weighted by Gasteiger charge is 2.37. The van der Waals surface area contributed by atoms with E-state index in [2.05, 4.69) is 13.0 Å². The molecule has 0 spiro atoms. The van der Waals surface area contributed by atoms with Gasteiger partial charge in [0.1, 0.15) is 6.29 Å². The average molecular weight is 178 g/mol. The predicted molar refractivity (Wildman–Crippen MR) is 53.4 cm³/mol. The molecule has 1 heteroatoms. The van der Waals surface area contributed by atoms with Crippen LogP contribution in [0.5, 0.6) is 0 Å². The van der Waals surface area contributed by atoms with Crippen LogP contribution in [0, 0.1) is 11.3 Å². The van der Waals surface area contributed by atoms with E-state index in [9.17, 15) is 4.79 Å². The van der Waals surface area contributed by atoms with Crippen molar-refractivity contribution in [2.45, 2.75) is 45.4 Å². The maximum atomic E-state index is 10.9. The molecule has 2 rings (SSSR count). The van der Waals surface area contributed by atoms with Crippen molar-refractivity contribution in [2.24, 2.45) is 11.3 Å². The summed E-state index contributed by atoms with van der Waals surface area (Å²) in [7, 11) is 0. The van der Waals surface area contributed by atoms with E-state index >= 15 is 0 Å². The summed E-state index contributed by atoms with van der Waals surface area (Å²) in [6.45, 7) is 2.34. The van der Waals surface area contributed by atoms with Gasteiger partial charge in [0.15, 0.2) is 0 Å². The molecule has 0 radical (unpaired) electrons. The minimum absolute atomic E-state index is 0.249. The largest absolute Gasteiger partial charge is 0.303 e. The highest BCUT2D eigenvalue weighted by atomic mass is 16.1. The first-order valence-corrected chi connectivity index (χ1v) is 5.42. The Kier molecular flexibility index (Phi) is 2.27. The van der Waals surface area contributed by atoms with E-state index < -0.39 is 0 Å². The zero-order valence-electron chi connectivity index (χ0n) is 8.38. The number of hydrogen-bond acceptors (Lipinski definition) is 1. The topological polar surface area (TPSA) is 17.1 Å². The van der Waals surface area contributed by atoms with E-state index in [1.807, 2.05) is 0 Å². The fourth-order valence-corrected chi connectivity index (χ4v) is 3.02. The summed E-state index contributed by atoms with van der Waals surface area (Å²) >= 11 is 0. The van der Waals surface area contributed by atoms with Gasteiger partial charge in [-0.05, 0) is 37.5 Å². The van der Waals surface area contributed by atoms with E-state index in [1.54, 1.807) is 0 Å². The van der Waals surface area contributed by atoms with Crippen LogP contribution in [0.2, 0.25) is 0 Å². The van der Waals surface area contributed by atoms with Crippen molar-refractivity contribution in [3.05, 3.63) is 11.6 Å². The Morgan fingerprint density at radius 2 is 2.23 bits per heavy atom. The summed E-state index contributed by atoms with van der Waals surface area (Å²) in [5.41, 5.74) is 1.84. The van der Waals surface area contributed by atoms with Crippen molar-refractivity contribution >= 4 is 6.29 Å². The van der Waals surface area contributed by atoms with Gasteiger partial charge in [-0.15, -0.1) is 0 Å². The van der Waals surface area contributed by atoms with Gasteiger partial charge in [0.25, 0.3) is 0 Å². The molecule has 2 aliphatic rings. The molecule has 2 atom stereocenters. The third-order valence-corrected chi connectivity index (χ3v) is 3.80. The normalized spacial score (nSPS) is 39.2. The van der Waals surface area contributed by atoms with Crippen LogP contribution in [0.25, 0.3) is 0 Å². The lowest BCUT2D eigenvalue weighted by atomic mass is 9.62. The predicted octanol–water partition coefficient (Wildman–Crippen LogP) is 3.10. The lowest BCUT2D eigenvalue weighted by Crippen LogP contribution is -2.31. The fraction of sp³-hybridized carbons (Fsp3) is 0.750. The molecule has 0 amide bonds. The molecular formula is C12H18O. The highest BCUT2D eigenvalue weighted by Crippen LogP contribution is 2.48. The van der Waals surface area contributed by atoms with Gasteiger partial charge in [0.2, 0.25) is 0 Å². The molecule has 0 aliphatic heterocycles. The maximum absolute atomic E-state index is 10.9. The van der Waals surface area contributed by atoms with Gasteiger partial charge < -0.3 is 4.79 Å². The second-order valence-corrected chi connectivity index (χ2v) is 4.75. The van der Waals surface area contributed by atoms with Crippen molar-refractivity contribution in [2.75, 3.05) is 0 Å². The molecule has 0 aromatic carbocycles. The number of hydrogen-bond donors (Lipinski definition) is 0. The van der Waals surface area contributed by atoms with E-state index in [0.29, 0.717) is 5.41 Å². The summed E-state index contributed by atoms with van der Waals surface area (Å²) < 4.78 is 0. The summed E-state index contributed by atoms with van der Waals surface area (Å²) in [6, 6.07) is 0. The zero-order chi connectivity index (χ0) is 9.31. The number of aldehydes is 1. The Labute approximate surface area is 80.2 Å². The lowest BCUT2D eigenvalue weighted by Gasteiger charge is -2.42. The average Bonchev–Trinajstić information content (AvgIpc) is 2.15. The van der Waals surface area contributed by atoms with Gasteiger partial charge >= 0.3 is 0 Å². The smallest absolute Gasteiger partial charge is 0.127 e. The molecule has 72 valence electrons. The Morgan fingerprint density at radius 3 is 3.00 bits per heavy atom. The fourth-order valence-electron chi connectivity index (χ4n) is 3.02. The van der Waals surface area contributed by atoms with Crippen LogP contribution in [0.4, 0.5) is 0 Å². The van der Waals surface area contributed by atoms with Crippen LogP contribution >= 0.6 is 0 Å². The summed E-state index contributed by atoms with van der Waals surface area (Å²) in [4.78, 5) is 10.9. The molecule has 0 aromatic heterocycles. The van der Waals surface area contributed by atoms with Gasteiger partial charge in [0, 0.05) is 5.92 Å². The number of carbonyl (C=O) groups excluding carboxylic acids is 1. The number of fused-ring (bicyclic) bond motifs is 1. The van der Waals surface area contributed by atoms with Gasteiger partial charge in [-0.1, -0.05) is 25.0 Å². The Bertz CT molecular complexity index is 242. The monoisotopic (exact) mass is 178 g/mol. The van der Waals surface area contributed by atoms with E-state index in [4.69, 9.17) is 0 Å². The lowest BCUT2D eigenvalue weighted by molar-refractivity contribution is -0.111. The minimum atomic E-state index is 0.249. The summed E-state index contributed by atoms with van der Waals surface area (Å²) in [6.07, 6.45) is 10.9. The van der Waals surface area contributed by atoms with E-state index in [0.717, 1.165) is 12.7 Å². The van der Waals surface area contributed by atoms with Crippen LogP contribution in [0.3, 0.4) is 0 Å². The number of rotatable bonds is 1. The second kappa shape index (κ2) is 3.28. The number of allylic oxidation sites excluding steroid dienone is 2.